The van der Waals surface area contributed by atoms with Gasteiger partial charge in [-0.3, -0.25) is 4.79 Å². The lowest BCUT2D eigenvalue weighted by Gasteiger charge is -2.11. The molecule has 2 heteroatoms. The van der Waals surface area contributed by atoms with Crippen LogP contribution in [0.3, 0.4) is 0 Å². The number of nitrogens with zero attached hydrogens (tertiary/aromatic N) is 1. The van der Waals surface area contributed by atoms with E-state index in [9.17, 15) is 4.79 Å². The molecule has 1 atom stereocenters. The van der Waals surface area contributed by atoms with E-state index in [0.29, 0.717) is 12.3 Å². The van der Waals surface area contributed by atoms with Crippen LogP contribution in [0.2, 0.25) is 0 Å². The Kier molecular flexibility index (Phi) is 5.63. The summed E-state index contributed by atoms with van der Waals surface area (Å²) in [6.45, 7) is 4.22. The van der Waals surface area contributed by atoms with Crippen molar-refractivity contribution in [3.8, 4) is 0 Å². The van der Waals surface area contributed by atoms with Crippen molar-refractivity contribution >= 4 is 17.5 Å². The zero-order valence-electron chi connectivity index (χ0n) is 11.8. The van der Waals surface area contributed by atoms with Crippen molar-refractivity contribution in [1.82, 2.24) is 0 Å². The zero-order valence-corrected chi connectivity index (χ0v) is 11.8. The Morgan fingerprint density at radius 1 is 1.28 bits per heavy atom. The van der Waals surface area contributed by atoms with Gasteiger partial charge < -0.3 is 4.90 Å². The van der Waals surface area contributed by atoms with Gasteiger partial charge in [-0.2, -0.15) is 0 Å². The van der Waals surface area contributed by atoms with Crippen molar-refractivity contribution < 1.29 is 4.79 Å². The average Bonchev–Trinajstić information content (AvgIpc) is 2.36. The van der Waals surface area contributed by atoms with Crippen LogP contribution in [-0.4, -0.2) is 19.9 Å². The molecule has 0 aliphatic heterocycles. The van der Waals surface area contributed by atoms with Gasteiger partial charge in [0.2, 0.25) is 0 Å². The average molecular weight is 245 g/mol. The Labute approximate surface area is 110 Å². The predicted molar refractivity (Wildman–Crippen MR) is 78.9 cm³/mol. The molecule has 0 amide bonds. The summed E-state index contributed by atoms with van der Waals surface area (Å²) >= 11 is 0. The first-order chi connectivity index (χ1) is 8.52. The number of ketones is 1. The molecule has 0 aliphatic rings. The highest BCUT2D eigenvalue weighted by molar-refractivity contribution is 5.93. The van der Waals surface area contributed by atoms with E-state index in [1.165, 1.54) is 0 Å². The lowest BCUT2D eigenvalue weighted by atomic mass is 10.0. The molecule has 2 nitrogen and oxygen atoms in total. The first kappa shape index (κ1) is 14.5. The minimum atomic E-state index is 0.209. The van der Waals surface area contributed by atoms with E-state index in [2.05, 4.69) is 30.9 Å². The molecule has 0 N–H and O–H groups in total. The molecule has 1 unspecified atom stereocenters. The highest BCUT2D eigenvalue weighted by Crippen LogP contribution is 2.14. The summed E-state index contributed by atoms with van der Waals surface area (Å²) in [4.78, 5) is 13.7. The van der Waals surface area contributed by atoms with E-state index in [1.807, 2.05) is 32.3 Å². The van der Waals surface area contributed by atoms with Gasteiger partial charge >= 0.3 is 0 Å². The van der Waals surface area contributed by atoms with Crippen molar-refractivity contribution in [1.29, 1.82) is 0 Å². The molecule has 1 aromatic rings. The Hall–Kier alpha value is -1.57. The fourth-order valence-electron chi connectivity index (χ4n) is 1.63. The minimum absolute atomic E-state index is 0.209. The first-order valence-electron chi connectivity index (χ1n) is 6.51. The second-order valence-electron chi connectivity index (χ2n) is 5.00. The molecule has 0 spiro atoms. The van der Waals surface area contributed by atoms with Gasteiger partial charge in [0.1, 0.15) is 0 Å². The maximum absolute atomic E-state index is 11.7. The van der Waals surface area contributed by atoms with Crippen LogP contribution in [0, 0.1) is 5.92 Å². The second-order valence-corrected chi connectivity index (χ2v) is 5.00. The van der Waals surface area contributed by atoms with Gasteiger partial charge in [0, 0.05) is 26.2 Å². The van der Waals surface area contributed by atoms with Gasteiger partial charge in [0.05, 0.1) is 0 Å². The van der Waals surface area contributed by atoms with Crippen LogP contribution in [0.25, 0.3) is 6.08 Å². The van der Waals surface area contributed by atoms with Crippen molar-refractivity contribution in [2.45, 2.75) is 26.7 Å². The molecule has 0 fully saturated rings. The number of carbonyl (C=O) groups excluding carboxylic acids is 1. The topological polar surface area (TPSA) is 20.3 Å². The van der Waals surface area contributed by atoms with Gasteiger partial charge in [0.15, 0.2) is 5.78 Å². The molecule has 18 heavy (non-hydrogen) atoms. The second kappa shape index (κ2) is 7.00. The molecule has 0 radical (unpaired) electrons. The molecule has 0 aliphatic carbocycles. The molecule has 1 aromatic carbocycles. The number of benzene rings is 1. The van der Waals surface area contributed by atoms with Crippen LogP contribution in [0.1, 0.15) is 32.3 Å². The third-order valence-electron chi connectivity index (χ3n) is 3.12. The number of carbonyl (C=O) groups is 1. The van der Waals surface area contributed by atoms with Crippen LogP contribution in [0.15, 0.2) is 30.3 Å². The predicted octanol–water partition coefficient (Wildman–Crippen LogP) is 3.77. The Morgan fingerprint density at radius 3 is 2.39 bits per heavy atom. The molecule has 0 saturated heterocycles. The van der Waals surface area contributed by atoms with E-state index in [1.54, 1.807) is 6.08 Å². The van der Waals surface area contributed by atoms with Crippen LogP contribution < -0.4 is 4.90 Å². The molecule has 0 saturated carbocycles. The van der Waals surface area contributed by atoms with Crippen molar-refractivity contribution in [2.75, 3.05) is 19.0 Å². The number of rotatable bonds is 6. The third-order valence-corrected chi connectivity index (χ3v) is 3.12. The van der Waals surface area contributed by atoms with Gasteiger partial charge in [-0.1, -0.05) is 38.5 Å². The highest BCUT2D eigenvalue weighted by atomic mass is 16.1. The summed E-state index contributed by atoms with van der Waals surface area (Å²) in [6.07, 6.45) is 5.28. The molecule has 0 aromatic heterocycles. The van der Waals surface area contributed by atoms with Crippen LogP contribution in [0.5, 0.6) is 0 Å². The number of anilines is 1. The molecular weight excluding hydrogens is 222 g/mol. The molecule has 1 rings (SSSR count). The van der Waals surface area contributed by atoms with Gasteiger partial charge in [-0.25, -0.2) is 0 Å². The molecule has 0 heterocycles. The first-order valence-corrected chi connectivity index (χ1v) is 6.51. The third kappa shape index (κ3) is 4.74. The van der Waals surface area contributed by atoms with E-state index in [0.717, 1.165) is 17.7 Å². The maximum Gasteiger partial charge on any atom is 0.155 e. The largest absolute Gasteiger partial charge is 0.378 e. The minimum Gasteiger partial charge on any atom is -0.378 e. The van der Waals surface area contributed by atoms with E-state index < -0.39 is 0 Å². The zero-order chi connectivity index (χ0) is 13.5. The SMILES string of the molecule is CCC(C)CC(=O)C=Cc1ccc(N(C)C)cc1. The Balaban J connectivity index is 2.59. The summed E-state index contributed by atoms with van der Waals surface area (Å²) in [6, 6.07) is 8.17. The summed E-state index contributed by atoms with van der Waals surface area (Å²) in [5.41, 5.74) is 2.23. The number of allylic oxidation sites excluding steroid dienone is 1. The normalized spacial score (nSPS) is 12.7. The maximum atomic E-state index is 11.7. The van der Waals surface area contributed by atoms with Crippen LogP contribution >= 0.6 is 0 Å². The van der Waals surface area contributed by atoms with Crippen molar-refractivity contribution in [3.05, 3.63) is 35.9 Å². The fraction of sp³-hybridized carbons (Fsp3) is 0.438. The van der Waals surface area contributed by atoms with Gasteiger partial charge in [-0.05, 0) is 29.7 Å². The summed E-state index contributed by atoms with van der Waals surface area (Å²) in [5, 5.41) is 0. The summed E-state index contributed by atoms with van der Waals surface area (Å²) in [5.74, 6) is 0.680. The number of hydrogen-bond donors (Lipinski definition) is 0. The van der Waals surface area contributed by atoms with Crippen LogP contribution in [-0.2, 0) is 4.79 Å². The molecular formula is C16H23NO. The summed E-state index contributed by atoms with van der Waals surface area (Å²) < 4.78 is 0. The smallest absolute Gasteiger partial charge is 0.155 e. The molecule has 98 valence electrons. The van der Waals surface area contributed by atoms with Crippen LogP contribution in [0.4, 0.5) is 5.69 Å². The summed E-state index contributed by atoms with van der Waals surface area (Å²) in [7, 11) is 4.03. The monoisotopic (exact) mass is 245 g/mol. The van der Waals surface area contributed by atoms with E-state index >= 15 is 0 Å². The van der Waals surface area contributed by atoms with E-state index in [4.69, 9.17) is 0 Å². The standard InChI is InChI=1S/C16H23NO/c1-5-13(2)12-16(18)11-8-14-6-9-15(10-7-14)17(3)4/h6-11,13H,5,12H2,1-4H3. The molecule has 0 bridgehead atoms. The van der Waals surface area contributed by atoms with Gasteiger partial charge in [-0.15, -0.1) is 0 Å². The van der Waals surface area contributed by atoms with Crippen molar-refractivity contribution in [3.63, 3.8) is 0 Å². The highest BCUT2D eigenvalue weighted by Gasteiger charge is 2.03. The lowest BCUT2D eigenvalue weighted by molar-refractivity contribution is -0.115. The van der Waals surface area contributed by atoms with Crippen molar-refractivity contribution in [2.24, 2.45) is 5.92 Å². The fourth-order valence-corrected chi connectivity index (χ4v) is 1.63. The van der Waals surface area contributed by atoms with Gasteiger partial charge in [0.25, 0.3) is 0 Å². The Bertz CT molecular complexity index is 404. The quantitative estimate of drug-likeness (QED) is 0.711. The Morgan fingerprint density at radius 2 is 1.89 bits per heavy atom. The lowest BCUT2D eigenvalue weighted by Crippen LogP contribution is -2.07. The van der Waals surface area contributed by atoms with E-state index in [-0.39, 0.29) is 5.78 Å². The number of hydrogen-bond acceptors (Lipinski definition) is 2.